The quantitative estimate of drug-likeness (QED) is 0.452. The van der Waals surface area contributed by atoms with Gasteiger partial charge in [-0.05, 0) is 48.9 Å². The molecule has 0 aliphatic rings. The summed E-state index contributed by atoms with van der Waals surface area (Å²) >= 11 is 0. The Morgan fingerprint density at radius 3 is 2.15 bits per heavy atom. The first-order valence-corrected chi connectivity index (χ1v) is 8.06. The van der Waals surface area contributed by atoms with Crippen molar-refractivity contribution in [2.75, 3.05) is 13.1 Å². The SMILES string of the molecule is CC(=O)Oc1cccc(C(=O)NCCCNC(=O)c2ccc(F)cc2)c1. The molecule has 2 aromatic rings. The van der Waals surface area contributed by atoms with Crippen LogP contribution in [0.2, 0.25) is 0 Å². The van der Waals surface area contributed by atoms with Gasteiger partial charge in [0.1, 0.15) is 11.6 Å². The van der Waals surface area contributed by atoms with Crippen molar-refractivity contribution >= 4 is 17.8 Å². The Balaban J connectivity index is 1.72. The summed E-state index contributed by atoms with van der Waals surface area (Å²) in [6.07, 6.45) is 0.530. The summed E-state index contributed by atoms with van der Waals surface area (Å²) in [4.78, 5) is 34.8. The van der Waals surface area contributed by atoms with Gasteiger partial charge in [-0.1, -0.05) is 6.07 Å². The van der Waals surface area contributed by atoms with Crippen LogP contribution >= 0.6 is 0 Å². The molecule has 0 aliphatic heterocycles. The molecule has 26 heavy (non-hydrogen) atoms. The Labute approximate surface area is 150 Å². The van der Waals surface area contributed by atoms with E-state index in [-0.39, 0.29) is 11.8 Å². The average Bonchev–Trinajstić information content (AvgIpc) is 2.61. The van der Waals surface area contributed by atoms with Crippen LogP contribution in [-0.2, 0) is 4.79 Å². The zero-order chi connectivity index (χ0) is 18.9. The number of hydrogen-bond donors (Lipinski definition) is 2. The fourth-order valence-electron chi connectivity index (χ4n) is 2.16. The molecule has 0 atom stereocenters. The van der Waals surface area contributed by atoms with Gasteiger partial charge >= 0.3 is 5.97 Å². The molecule has 0 spiro atoms. The van der Waals surface area contributed by atoms with Crippen molar-refractivity contribution in [3.63, 3.8) is 0 Å². The number of esters is 1. The molecular weight excluding hydrogens is 339 g/mol. The molecule has 136 valence electrons. The largest absolute Gasteiger partial charge is 0.427 e. The summed E-state index contributed by atoms with van der Waals surface area (Å²) in [7, 11) is 0. The Morgan fingerprint density at radius 2 is 1.54 bits per heavy atom. The highest BCUT2D eigenvalue weighted by Gasteiger charge is 2.08. The molecule has 0 bridgehead atoms. The van der Waals surface area contributed by atoms with E-state index in [0.29, 0.717) is 36.4 Å². The number of rotatable bonds is 7. The first kappa shape index (κ1) is 19.1. The number of halogens is 1. The number of hydrogen-bond acceptors (Lipinski definition) is 4. The summed E-state index contributed by atoms with van der Waals surface area (Å²) in [6, 6.07) is 11.5. The zero-order valence-corrected chi connectivity index (χ0v) is 14.3. The minimum Gasteiger partial charge on any atom is -0.427 e. The maximum absolute atomic E-state index is 12.8. The van der Waals surface area contributed by atoms with Crippen LogP contribution < -0.4 is 15.4 Å². The highest BCUT2D eigenvalue weighted by molar-refractivity contribution is 5.95. The predicted molar refractivity (Wildman–Crippen MR) is 93.4 cm³/mol. The Bertz CT molecular complexity index is 790. The van der Waals surface area contributed by atoms with E-state index in [0.717, 1.165) is 0 Å². The van der Waals surface area contributed by atoms with Crippen molar-refractivity contribution in [3.8, 4) is 5.75 Å². The number of nitrogens with one attached hydrogen (secondary N) is 2. The van der Waals surface area contributed by atoms with Crippen molar-refractivity contribution in [2.24, 2.45) is 0 Å². The molecule has 0 aromatic heterocycles. The van der Waals surface area contributed by atoms with Crippen molar-refractivity contribution in [3.05, 3.63) is 65.5 Å². The monoisotopic (exact) mass is 358 g/mol. The molecule has 2 N–H and O–H groups in total. The Morgan fingerprint density at radius 1 is 0.923 bits per heavy atom. The second-order valence-electron chi connectivity index (χ2n) is 5.49. The molecule has 6 nitrogen and oxygen atoms in total. The van der Waals surface area contributed by atoms with Crippen LogP contribution in [-0.4, -0.2) is 30.9 Å². The molecule has 2 aromatic carbocycles. The summed E-state index contributed by atoms with van der Waals surface area (Å²) in [5.74, 6) is -1.16. The van der Waals surface area contributed by atoms with Gasteiger partial charge in [0.25, 0.3) is 11.8 Å². The maximum atomic E-state index is 12.8. The molecule has 2 amide bonds. The van der Waals surface area contributed by atoms with Gasteiger partial charge < -0.3 is 15.4 Å². The molecule has 2 rings (SSSR count). The number of carbonyl (C=O) groups is 3. The van der Waals surface area contributed by atoms with Crippen molar-refractivity contribution in [2.45, 2.75) is 13.3 Å². The first-order chi connectivity index (χ1) is 12.5. The normalized spacial score (nSPS) is 10.1. The standard InChI is InChI=1S/C19H19FN2O4/c1-13(23)26-17-5-2-4-15(12-17)19(25)22-11-3-10-21-18(24)14-6-8-16(20)9-7-14/h2,4-9,12H,3,10-11H2,1H3,(H,21,24)(H,22,25). The van der Waals surface area contributed by atoms with Gasteiger partial charge in [0.15, 0.2) is 0 Å². The summed E-state index contributed by atoms with van der Waals surface area (Å²) in [5.41, 5.74) is 0.747. The van der Waals surface area contributed by atoms with Crippen LogP contribution in [0.15, 0.2) is 48.5 Å². The van der Waals surface area contributed by atoms with E-state index in [2.05, 4.69) is 10.6 Å². The molecule has 0 aliphatic carbocycles. The van der Waals surface area contributed by atoms with E-state index < -0.39 is 11.8 Å². The van der Waals surface area contributed by atoms with Crippen molar-refractivity contribution in [1.82, 2.24) is 10.6 Å². The van der Waals surface area contributed by atoms with Gasteiger partial charge in [-0.2, -0.15) is 0 Å². The minimum atomic E-state index is -0.459. The lowest BCUT2D eigenvalue weighted by molar-refractivity contribution is -0.131. The zero-order valence-electron chi connectivity index (χ0n) is 14.3. The topological polar surface area (TPSA) is 84.5 Å². The highest BCUT2D eigenvalue weighted by atomic mass is 19.1. The number of amides is 2. The molecule has 0 unspecified atom stereocenters. The lowest BCUT2D eigenvalue weighted by Crippen LogP contribution is -2.29. The third-order valence-corrected chi connectivity index (χ3v) is 3.39. The predicted octanol–water partition coefficient (Wildman–Crippen LogP) is 2.30. The third kappa shape index (κ3) is 6.01. The minimum absolute atomic E-state index is 0.301. The van der Waals surface area contributed by atoms with E-state index in [4.69, 9.17) is 4.74 Å². The fourth-order valence-corrected chi connectivity index (χ4v) is 2.16. The van der Waals surface area contributed by atoms with E-state index in [9.17, 15) is 18.8 Å². The van der Waals surface area contributed by atoms with E-state index in [1.165, 1.54) is 37.3 Å². The second-order valence-corrected chi connectivity index (χ2v) is 5.49. The molecule has 0 radical (unpaired) electrons. The molecule has 0 saturated heterocycles. The fraction of sp³-hybridized carbons (Fsp3) is 0.211. The van der Waals surface area contributed by atoms with Crippen LogP contribution in [0.5, 0.6) is 5.75 Å². The van der Waals surface area contributed by atoms with Gasteiger partial charge in [-0.15, -0.1) is 0 Å². The van der Waals surface area contributed by atoms with Crippen LogP contribution in [0, 0.1) is 5.82 Å². The smallest absolute Gasteiger partial charge is 0.308 e. The van der Waals surface area contributed by atoms with Crippen LogP contribution in [0.25, 0.3) is 0 Å². The van der Waals surface area contributed by atoms with E-state index in [1.807, 2.05) is 0 Å². The van der Waals surface area contributed by atoms with Gasteiger partial charge in [0.05, 0.1) is 0 Å². The van der Waals surface area contributed by atoms with Crippen LogP contribution in [0.1, 0.15) is 34.1 Å². The van der Waals surface area contributed by atoms with Gasteiger partial charge in [-0.3, -0.25) is 14.4 Å². The number of ether oxygens (including phenoxy) is 1. The van der Waals surface area contributed by atoms with E-state index in [1.54, 1.807) is 18.2 Å². The molecular formula is C19H19FN2O4. The summed E-state index contributed by atoms with van der Waals surface area (Å²) < 4.78 is 17.7. The maximum Gasteiger partial charge on any atom is 0.308 e. The second kappa shape index (κ2) is 9.31. The van der Waals surface area contributed by atoms with Gasteiger partial charge in [-0.25, -0.2) is 4.39 Å². The highest BCUT2D eigenvalue weighted by Crippen LogP contribution is 2.13. The lowest BCUT2D eigenvalue weighted by Gasteiger charge is -2.08. The number of benzene rings is 2. The summed E-state index contributed by atoms with van der Waals surface area (Å²) in [6.45, 7) is 2.01. The lowest BCUT2D eigenvalue weighted by atomic mass is 10.2. The van der Waals surface area contributed by atoms with Crippen molar-refractivity contribution < 1.29 is 23.5 Å². The molecule has 0 heterocycles. The van der Waals surface area contributed by atoms with Crippen molar-refractivity contribution in [1.29, 1.82) is 0 Å². The Kier molecular flexibility index (Phi) is 6.84. The van der Waals surface area contributed by atoms with Gasteiger partial charge in [0.2, 0.25) is 0 Å². The third-order valence-electron chi connectivity index (χ3n) is 3.39. The number of carbonyl (C=O) groups excluding carboxylic acids is 3. The Hall–Kier alpha value is -3.22. The average molecular weight is 358 g/mol. The first-order valence-electron chi connectivity index (χ1n) is 8.06. The molecule has 7 heteroatoms. The van der Waals surface area contributed by atoms with Crippen LogP contribution in [0.4, 0.5) is 4.39 Å². The molecule has 0 fully saturated rings. The van der Waals surface area contributed by atoms with Crippen LogP contribution in [0.3, 0.4) is 0 Å². The summed E-state index contributed by atoms with van der Waals surface area (Å²) in [5, 5.41) is 5.41. The van der Waals surface area contributed by atoms with Gasteiger partial charge in [0, 0.05) is 31.1 Å². The molecule has 0 saturated carbocycles. The van der Waals surface area contributed by atoms with E-state index >= 15 is 0 Å².